The molecular formula is C21H27FN4O4S. The van der Waals surface area contributed by atoms with Gasteiger partial charge in [-0.1, -0.05) is 18.2 Å². The minimum atomic E-state index is -3.74. The Morgan fingerprint density at radius 1 is 1.23 bits per heavy atom. The SMILES string of the molecule is NCc1ccnc(OC[C@H]2C[C@@H](c3ccccc3F)CN2S(=O)(=O)N2CCOCC2)c1. The molecule has 31 heavy (non-hydrogen) atoms. The highest BCUT2D eigenvalue weighted by molar-refractivity contribution is 7.86. The maximum Gasteiger partial charge on any atom is 0.282 e. The standard InChI is InChI=1S/C21H27FN4O4S/c22-20-4-2-1-3-19(20)17-12-18(15-30-21-11-16(13-23)5-6-24-21)26(14-17)31(27,28)25-7-9-29-10-8-25/h1-6,11,17-18H,7-10,12-15,23H2/t17-,18-/m1/s1. The Labute approximate surface area is 181 Å². The Morgan fingerprint density at radius 3 is 2.74 bits per heavy atom. The molecule has 2 saturated heterocycles. The third kappa shape index (κ3) is 4.88. The first kappa shape index (κ1) is 22.1. The molecule has 2 N–H and O–H groups in total. The predicted octanol–water partition coefficient (Wildman–Crippen LogP) is 1.49. The van der Waals surface area contributed by atoms with E-state index in [9.17, 15) is 12.8 Å². The van der Waals surface area contributed by atoms with Crippen LogP contribution in [-0.4, -0.2) is 67.5 Å². The molecule has 2 aromatic rings. The molecule has 2 aliphatic heterocycles. The molecule has 1 aromatic carbocycles. The summed E-state index contributed by atoms with van der Waals surface area (Å²) in [5.74, 6) is -0.190. The van der Waals surface area contributed by atoms with Crippen LogP contribution in [0, 0.1) is 5.82 Å². The third-order valence-corrected chi connectivity index (χ3v) is 7.82. The van der Waals surface area contributed by atoms with Gasteiger partial charge in [-0.05, 0) is 29.7 Å². The Bertz CT molecular complexity index is 1000. The first-order valence-corrected chi connectivity index (χ1v) is 11.8. The number of ether oxygens (including phenoxy) is 2. The first-order valence-electron chi connectivity index (χ1n) is 10.4. The van der Waals surface area contributed by atoms with Crippen LogP contribution in [-0.2, 0) is 21.5 Å². The van der Waals surface area contributed by atoms with Crippen LogP contribution in [0.5, 0.6) is 5.88 Å². The van der Waals surface area contributed by atoms with Crippen LogP contribution >= 0.6 is 0 Å². The highest BCUT2D eigenvalue weighted by atomic mass is 32.2. The Morgan fingerprint density at radius 2 is 2.00 bits per heavy atom. The molecule has 2 atom stereocenters. The van der Waals surface area contributed by atoms with Gasteiger partial charge in [-0.25, -0.2) is 9.37 Å². The molecule has 0 spiro atoms. The number of aromatic nitrogens is 1. The molecule has 168 valence electrons. The number of nitrogens with two attached hydrogens (primary N) is 1. The summed E-state index contributed by atoms with van der Waals surface area (Å²) in [6.07, 6.45) is 2.07. The van der Waals surface area contributed by atoms with Crippen LogP contribution in [0.1, 0.15) is 23.5 Å². The molecule has 8 nitrogen and oxygen atoms in total. The molecule has 10 heteroatoms. The van der Waals surface area contributed by atoms with Gasteiger partial charge in [0.2, 0.25) is 5.88 Å². The summed E-state index contributed by atoms with van der Waals surface area (Å²) in [5.41, 5.74) is 7.07. The van der Waals surface area contributed by atoms with E-state index in [-0.39, 0.29) is 24.9 Å². The second-order valence-electron chi connectivity index (χ2n) is 7.71. The van der Waals surface area contributed by atoms with Crippen LogP contribution in [0.15, 0.2) is 42.6 Å². The molecule has 0 unspecified atom stereocenters. The fourth-order valence-electron chi connectivity index (χ4n) is 4.12. The van der Waals surface area contributed by atoms with Gasteiger partial charge in [0.15, 0.2) is 0 Å². The molecule has 0 amide bonds. The summed E-state index contributed by atoms with van der Waals surface area (Å²) in [7, 11) is -3.74. The minimum Gasteiger partial charge on any atom is -0.476 e. The molecule has 0 aliphatic carbocycles. The average molecular weight is 451 g/mol. The Kier molecular flexibility index (Phi) is 6.83. The number of rotatable bonds is 7. The number of benzene rings is 1. The van der Waals surface area contributed by atoms with Gasteiger partial charge < -0.3 is 15.2 Å². The highest BCUT2D eigenvalue weighted by Crippen LogP contribution is 2.36. The molecule has 0 saturated carbocycles. The fraction of sp³-hybridized carbons (Fsp3) is 0.476. The van der Waals surface area contributed by atoms with Gasteiger partial charge in [-0.2, -0.15) is 17.0 Å². The van der Waals surface area contributed by atoms with Gasteiger partial charge in [0, 0.05) is 44.4 Å². The summed E-state index contributed by atoms with van der Waals surface area (Å²) in [5, 5.41) is 0. The van der Waals surface area contributed by atoms with Gasteiger partial charge >= 0.3 is 0 Å². The molecule has 3 heterocycles. The number of hydrogen-bond donors (Lipinski definition) is 1. The number of halogens is 1. The lowest BCUT2D eigenvalue weighted by molar-refractivity contribution is 0.0693. The van der Waals surface area contributed by atoms with Crippen molar-refractivity contribution in [3.63, 3.8) is 0 Å². The van der Waals surface area contributed by atoms with E-state index in [0.717, 1.165) is 5.56 Å². The zero-order chi connectivity index (χ0) is 21.8. The fourth-order valence-corrected chi connectivity index (χ4v) is 5.91. The lowest BCUT2D eigenvalue weighted by Crippen LogP contribution is -2.51. The largest absolute Gasteiger partial charge is 0.476 e. The number of hydrogen-bond acceptors (Lipinski definition) is 6. The van der Waals surface area contributed by atoms with Gasteiger partial charge in [0.25, 0.3) is 10.2 Å². The second-order valence-corrected chi connectivity index (χ2v) is 9.60. The van der Waals surface area contributed by atoms with Gasteiger partial charge in [-0.3, -0.25) is 0 Å². The van der Waals surface area contributed by atoms with Crippen LogP contribution in [0.3, 0.4) is 0 Å². The molecule has 0 bridgehead atoms. The topological polar surface area (TPSA) is 98.0 Å². The Balaban J connectivity index is 1.56. The van der Waals surface area contributed by atoms with Crippen LogP contribution < -0.4 is 10.5 Å². The van der Waals surface area contributed by atoms with E-state index in [0.29, 0.717) is 50.7 Å². The average Bonchev–Trinajstić information content (AvgIpc) is 3.23. The number of pyridine rings is 1. The summed E-state index contributed by atoms with van der Waals surface area (Å²) in [6.45, 7) is 2.00. The normalized spacial score (nSPS) is 23.2. The van der Waals surface area contributed by atoms with Crippen molar-refractivity contribution in [2.45, 2.75) is 24.9 Å². The van der Waals surface area contributed by atoms with Crippen molar-refractivity contribution in [2.24, 2.45) is 5.73 Å². The third-order valence-electron chi connectivity index (χ3n) is 5.76. The highest BCUT2D eigenvalue weighted by Gasteiger charge is 2.44. The van der Waals surface area contributed by atoms with Crippen molar-refractivity contribution >= 4 is 10.2 Å². The Hall–Kier alpha value is -2.11. The molecule has 0 radical (unpaired) electrons. The molecule has 2 fully saturated rings. The van der Waals surface area contributed by atoms with E-state index in [1.54, 1.807) is 36.5 Å². The summed E-state index contributed by atoms with van der Waals surface area (Å²) in [6, 6.07) is 9.62. The van der Waals surface area contributed by atoms with E-state index < -0.39 is 16.3 Å². The van der Waals surface area contributed by atoms with Crippen molar-refractivity contribution in [3.8, 4) is 5.88 Å². The van der Waals surface area contributed by atoms with E-state index in [4.69, 9.17) is 15.2 Å². The van der Waals surface area contributed by atoms with Crippen molar-refractivity contribution < 1.29 is 22.3 Å². The summed E-state index contributed by atoms with van der Waals surface area (Å²) >= 11 is 0. The van der Waals surface area contributed by atoms with Crippen molar-refractivity contribution in [3.05, 3.63) is 59.5 Å². The van der Waals surface area contributed by atoms with Crippen molar-refractivity contribution in [1.29, 1.82) is 0 Å². The molecule has 1 aromatic heterocycles. The maximum atomic E-state index is 14.4. The van der Waals surface area contributed by atoms with E-state index in [1.165, 1.54) is 14.7 Å². The van der Waals surface area contributed by atoms with Gasteiger partial charge in [0.05, 0.1) is 19.3 Å². The smallest absolute Gasteiger partial charge is 0.282 e. The molecule has 4 rings (SSSR count). The number of nitrogens with zero attached hydrogens (tertiary/aromatic N) is 3. The van der Waals surface area contributed by atoms with Crippen LogP contribution in [0.25, 0.3) is 0 Å². The maximum absolute atomic E-state index is 14.4. The monoisotopic (exact) mass is 450 g/mol. The lowest BCUT2D eigenvalue weighted by Gasteiger charge is -2.32. The van der Waals surface area contributed by atoms with E-state index in [2.05, 4.69) is 4.98 Å². The zero-order valence-corrected chi connectivity index (χ0v) is 18.0. The lowest BCUT2D eigenvalue weighted by atomic mass is 9.96. The predicted molar refractivity (Wildman–Crippen MR) is 113 cm³/mol. The van der Waals surface area contributed by atoms with Gasteiger partial charge in [0.1, 0.15) is 12.4 Å². The van der Waals surface area contributed by atoms with Crippen LogP contribution in [0.4, 0.5) is 4.39 Å². The summed E-state index contributed by atoms with van der Waals surface area (Å²) < 4.78 is 55.2. The van der Waals surface area contributed by atoms with Crippen molar-refractivity contribution in [2.75, 3.05) is 39.5 Å². The quantitative estimate of drug-likeness (QED) is 0.687. The van der Waals surface area contributed by atoms with E-state index >= 15 is 0 Å². The second kappa shape index (κ2) is 9.58. The first-order chi connectivity index (χ1) is 15.0. The van der Waals surface area contributed by atoms with Crippen LogP contribution in [0.2, 0.25) is 0 Å². The molecular weight excluding hydrogens is 423 g/mol. The minimum absolute atomic E-state index is 0.121. The van der Waals surface area contributed by atoms with Gasteiger partial charge in [-0.15, -0.1) is 0 Å². The summed E-state index contributed by atoms with van der Waals surface area (Å²) in [4.78, 5) is 4.18. The number of morpholine rings is 1. The zero-order valence-electron chi connectivity index (χ0n) is 17.2. The van der Waals surface area contributed by atoms with Crippen molar-refractivity contribution in [1.82, 2.24) is 13.6 Å². The molecule has 2 aliphatic rings. The van der Waals surface area contributed by atoms with E-state index in [1.807, 2.05) is 0 Å².